The zero-order valence-corrected chi connectivity index (χ0v) is 17.2. The number of aliphatic hydroxyl groups is 1. The van der Waals surface area contributed by atoms with Gasteiger partial charge in [-0.2, -0.15) is 5.06 Å². The molecule has 150 valence electrons. The summed E-state index contributed by atoms with van der Waals surface area (Å²) < 4.78 is 19.1. The van der Waals surface area contributed by atoms with Crippen molar-refractivity contribution in [3.05, 3.63) is 33.5 Å². The van der Waals surface area contributed by atoms with E-state index in [1.807, 2.05) is 0 Å². The Labute approximate surface area is 166 Å². The Morgan fingerprint density at radius 3 is 2.59 bits per heavy atom. The SMILES string of the molecule is COCON1C(=O)C(c2cc(Br)c(F)cc2C)C(O)C12CCN(OC)CC2. The number of ether oxygens (including phenoxy) is 1. The number of methoxy groups -OCH3 is 1. The molecule has 1 aromatic rings. The number of nitrogens with zero attached hydrogens (tertiary/aromatic N) is 2. The van der Waals surface area contributed by atoms with E-state index in [4.69, 9.17) is 14.4 Å². The summed E-state index contributed by atoms with van der Waals surface area (Å²) in [6.45, 7) is 2.72. The van der Waals surface area contributed by atoms with Gasteiger partial charge in [-0.1, -0.05) is 0 Å². The van der Waals surface area contributed by atoms with Crippen molar-refractivity contribution in [3.8, 4) is 0 Å². The summed E-state index contributed by atoms with van der Waals surface area (Å²) in [5.41, 5.74) is 0.298. The molecule has 0 bridgehead atoms. The molecule has 1 aromatic carbocycles. The second-order valence-corrected chi connectivity index (χ2v) is 7.78. The molecule has 2 saturated heterocycles. The van der Waals surface area contributed by atoms with Gasteiger partial charge in [-0.15, -0.1) is 0 Å². The summed E-state index contributed by atoms with van der Waals surface area (Å²) in [6, 6.07) is 2.92. The molecule has 27 heavy (non-hydrogen) atoms. The number of carbonyl (C=O) groups is 1. The number of piperidine rings is 1. The minimum atomic E-state index is -1.00. The summed E-state index contributed by atoms with van der Waals surface area (Å²) in [6.07, 6.45) is -0.0398. The van der Waals surface area contributed by atoms with Crippen LogP contribution in [0.3, 0.4) is 0 Å². The van der Waals surface area contributed by atoms with Gasteiger partial charge >= 0.3 is 0 Å². The van der Waals surface area contributed by atoms with Gasteiger partial charge in [0.1, 0.15) is 11.4 Å². The van der Waals surface area contributed by atoms with Crippen LogP contribution in [0.15, 0.2) is 16.6 Å². The van der Waals surface area contributed by atoms with Crippen LogP contribution in [-0.4, -0.2) is 66.9 Å². The largest absolute Gasteiger partial charge is 0.389 e. The molecule has 2 fully saturated rings. The molecule has 0 aromatic heterocycles. The fraction of sp³-hybridized carbons (Fsp3) is 0.611. The first-order valence-electron chi connectivity index (χ1n) is 8.74. The Bertz CT molecular complexity index is 711. The van der Waals surface area contributed by atoms with Crippen molar-refractivity contribution in [2.75, 3.05) is 34.1 Å². The van der Waals surface area contributed by atoms with Gasteiger partial charge in [0, 0.05) is 20.2 Å². The zero-order valence-electron chi connectivity index (χ0n) is 15.6. The van der Waals surface area contributed by atoms with Gasteiger partial charge in [-0.3, -0.25) is 4.79 Å². The van der Waals surface area contributed by atoms with Gasteiger partial charge in [0.05, 0.1) is 23.6 Å². The summed E-state index contributed by atoms with van der Waals surface area (Å²) in [4.78, 5) is 24.1. The number of aliphatic hydroxyl groups excluding tert-OH is 1. The van der Waals surface area contributed by atoms with Crippen molar-refractivity contribution in [1.82, 2.24) is 10.1 Å². The number of hydroxylamine groups is 4. The minimum Gasteiger partial charge on any atom is -0.389 e. The van der Waals surface area contributed by atoms with E-state index >= 15 is 0 Å². The van der Waals surface area contributed by atoms with E-state index in [9.17, 15) is 14.3 Å². The highest BCUT2D eigenvalue weighted by atomic mass is 79.9. The lowest BCUT2D eigenvalue weighted by Crippen LogP contribution is -2.57. The zero-order chi connectivity index (χ0) is 19.8. The number of benzene rings is 1. The first-order valence-corrected chi connectivity index (χ1v) is 9.53. The number of amides is 1. The van der Waals surface area contributed by atoms with Crippen molar-refractivity contribution in [2.45, 2.75) is 37.3 Å². The lowest BCUT2D eigenvalue weighted by atomic mass is 9.78. The van der Waals surface area contributed by atoms with E-state index in [0.29, 0.717) is 37.1 Å². The van der Waals surface area contributed by atoms with Gasteiger partial charge < -0.3 is 14.7 Å². The number of halogens is 2. The molecular weight excluding hydrogens is 423 g/mol. The van der Waals surface area contributed by atoms with E-state index in [1.165, 1.54) is 18.2 Å². The molecule has 1 spiro atoms. The summed E-state index contributed by atoms with van der Waals surface area (Å²) in [7, 11) is 3.06. The van der Waals surface area contributed by atoms with E-state index in [0.717, 1.165) is 0 Å². The van der Waals surface area contributed by atoms with Crippen molar-refractivity contribution in [1.29, 1.82) is 0 Å². The molecule has 9 heteroatoms. The van der Waals surface area contributed by atoms with Crippen LogP contribution in [-0.2, 0) is 19.2 Å². The number of carbonyl (C=O) groups excluding carboxylic acids is 1. The molecule has 1 N–H and O–H groups in total. The molecule has 2 aliphatic heterocycles. The molecule has 2 heterocycles. The van der Waals surface area contributed by atoms with Crippen LogP contribution in [0.4, 0.5) is 4.39 Å². The fourth-order valence-corrected chi connectivity index (χ4v) is 4.42. The topological polar surface area (TPSA) is 71.5 Å². The number of hydrogen-bond donors (Lipinski definition) is 1. The molecule has 2 unspecified atom stereocenters. The van der Waals surface area contributed by atoms with Gasteiger partial charge in [-0.25, -0.2) is 14.3 Å². The lowest BCUT2D eigenvalue weighted by molar-refractivity contribution is -0.269. The van der Waals surface area contributed by atoms with Gasteiger partial charge in [0.2, 0.25) is 0 Å². The normalized spacial score (nSPS) is 25.6. The van der Waals surface area contributed by atoms with Gasteiger partial charge in [0.15, 0.2) is 6.79 Å². The van der Waals surface area contributed by atoms with E-state index < -0.39 is 23.4 Å². The molecule has 2 aliphatic rings. The van der Waals surface area contributed by atoms with E-state index in [-0.39, 0.29) is 17.2 Å². The third-order valence-electron chi connectivity index (χ3n) is 5.53. The van der Waals surface area contributed by atoms with E-state index in [2.05, 4.69) is 15.9 Å². The average molecular weight is 447 g/mol. The lowest BCUT2D eigenvalue weighted by Gasteiger charge is -2.44. The molecule has 0 aliphatic carbocycles. The van der Waals surface area contributed by atoms with Crippen LogP contribution in [0.1, 0.15) is 29.9 Å². The molecule has 0 saturated carbocycles. The van der Waals surface area contributed by atoms with Crippen molar-refractivity contribution < 1.29 is 28.7 Å². The minimum absolute atomic E-state index is 0.104. The summed E-state index contributed by atoms with van der Waals surface area (Å²) in [5, 5.41) is 14.3. The number of rotatable bonds is 5. The van der Waals surface area contributed by atoms with Crippen LogP contribution in [0, 0.1) is 12.7 Å². The highest BCUT2D eigenvalue weighted by molar-refractivity contribution is 9.10. The third-order valence-corrected chi connectivity index (χ3v) is 6.13. The predicted molar refractivity (Wildman–Crippen MR) is 97.9 cm³/mol. The summed E-state index contributed by atoms with van der Waals surface area (Å²) in [5.74, 6) is -1.60. The standard InChI is InChI=1S/C18H24BrFN2O5/c1-11-8-14(20)13(19)9-12(11)15-16(23)18(4-6-21(26-3)7-5-18)22(17(15)24)27-10-25-2/h8-9,15-16,23H,4-7,10H2,1-3H3. The van der Waals surface area contributed by atoms with Crippen LogP contribution in [0.25, 0.3) is 0 Å². The molecule has 3 rings (SSSR count). The number of aryl methyl sites for hydroxylation is 1. The molecule has 7 nitrogen and oxygen atoms in total. The van der Waals surface area contributed by atoms with Crippen LogP contribution in [0.5, 0.6) is 0 Å². The van der Waals surface area contributed by atoms with E-state index in [1.54, 1.807) is 25.2 Å². The Balaban J connectivity index is 2.00. The van der Waals surface area contributed by atoms with Gasteiger partial charge in [-0.05, 0) is 59.0 Å². The van der Waals surface area contributed by atoms with Crippen LogP contribution in [0.2, 0.25) is 0 Å². The van der Waals surface area contributed by atoms with Crippen molar-refractivity contribution >= 4 is 21.8 Å². The van der Waals surface area contributed by atoms with Crippen LogP contribution >= 0.6 is 15.9 Å². The third kappa shape index (κ3) is 3.52. The molecule has 0 radical (unpaired) electrons. The second kappa shape index (κ2) is 8.10. The Kier molecular flexibility index (Phi) is 6.19. The smallest absolute Gasteiger partial charge is 0.257 e. The van der Waals surface area contributed by atoms with Crippen molar-refractivity contribution in [3.63, 3.8) is 0 Å². The Hall–Kier alpha value is -1.10. The van der Waals surface area contributed by atoms with Crippen LogP contribution < -0.4 is 0 Å². The Morgan fingerprint density at radius 2 is 2.00 bits per heavy atom. The first-order chi connectivity index (χ1) is 12.9. The highest BCUT2D eigenvalue weighted by Crippen LogP contribution is 2.47. The highest BCUT2D eigenvalue weighted by Gasteiger charge is 2.60. The maximum Gasteiger partial charge on any atom is 0.257 e. The molecular formula is C18H24BrFN2O5. The van der Waals surface area contributed by atoms with Gasteiger partial charge in [0.25, 0.3) is 5.91 Å². The monoisotopic (exact) mass is 446 g/mol. The average Bonchev–Trinajstić information content (AvgIpc) is 2.84. The summed E-state index contributed by atoms with van der Waals surface area (Å²) >= 11 is 3.17. The number of hydrogen-bond acceptors (Lipinski definition) is 6. The quantitative estimate of drug-likeness (QED) is 0.698. The molecule has 1 amide bonds. The second-order valence-electron chi connectivity index (χ2n) is 6.93. The predicted octanol–water partition coefficient (Wildman–Crippen LogP) is 2.11. The maximum atomic E-state index is 13.8. The van der Waals surface area contributed by atoms with Crippen molar-refractivity contribution in [2.24, 2.45) is 0 Å². The first kappa shape index (κ1) is 20.6. The maximum absolute atomic E-state index is 13.8. The fourth-order valence-electron chi connectivity index (χ4n) is 4.06. The Morgan fingerprint density at radius 1 is 1.33 bits per heavy atom. The molecule has 2 atom stereocenters.